The zero-order valence-corrected chi connectivity index (χ0v) is 6.67. The first kappa shape index (κ1) is 11.1. The Morgan fingerprint density at radius 2 is 2.31 bits per heavy atom. The number of carbonyl (C=O) groups is 2. The van der Waals surface area contributed by atoms with Crippen LogP contribution in [-0.2, 0) is 9.59 Å². The summed E-state index contributed by atoms with van der Waals surface area (Å²) in [5, 5.41) is 11.4. The third-order valence-electron chi connectivity index (χ3n) is 1.24. The highest BCUT2D eigenvalue weighted by Crippen LogP contribution is 1.96. The minimum Gasteiger partial charge on any atom is -0.478 e. The average Bonchev–Trinajstić information content (AvgIpc) is 2.03. The van der Waals surface area contributed by atoms with Crippen LogP contribution in [0.1, 0.15) is 12.8 Å². The number of nitrogens with zero attached hydrogens (tertiary/aromatic N) is 3. The van der Waals surface area contributed by atoms with Gasteiger partial charge in [0, 0.05) is 12.8 Å². The van der Waals surface area contributed by atoms with Gasteiger partial charge in [-0.3, -0.25) is 4.79 Å². The largest absolute Gasteiger partial charge is 0.478 e. The van der Waals surface area contributed by atoms with Crippen molar-refractivity contribution in [2.45, 2.75) is 18.9 Å². The maximum Gasteiger partial charge on any atom is 0.349 e. The smallest absolute Gasteiger partial charge is 0.349 e. The van der Waals surface area contributed by atoms with Gasteiger partial charge in [-0.05, 0) is 5.22 Å². The molecular formula is C5H9N5O3. The normalized spacial score (nSPS) is 11.1. The molecule has 0 aromatic rings. The number of carboxylic acids is 1. The molecule has 8 heteroatoms. The third kappa shape index (κ3) is 5.33. The number of nitrogens with two attached hydrogens (primary N) is 1. The summed E-state index contributed by atoms with van der Waals surface area (Å²) in [6.45, 7) is 0. The van der Waals surface area contributed by atoms with Gasteiger partial charge in [0.25, 0.3) is 0 Å². The van der Waals surface area contributed by atoms with Crippen LogP contribution in [-0.4, -0.2) is 23.0 Å². The number of hydrogen-bond acceptors (Lipinski definition) is 3. The topological polar surface area (TPSA) is 141 Å². The fraction of sp³-hybridized carbons (Fsp3) is 0.600. The molecule has 0 aliphatic heterocycles. The number of carboxylic acid groups (broad SMARTS) is 1. The number of azide groups is 1. The Bertz CT molecular complexity index is 247. The van der Waals surface area contributed by atoms with E-state index in [4.69, 9.17) is 16.4 Å². The molecule has 8 nitrogen and oxygen atoms in total. The molecule has 0 aliphatic rings. The monoisotopic (exact) mass is 187 g/mol. The Kier molecular flexibility index (Phi) is 4.82. The quantitative estimate of drug-likeness (QED) is 0.223. The zero-order valence-electron chi connectivity index (χ0n) is 6.67. The Morgan fingerprint density at radius 3 is 2.69 bits per heavy atom. The molecule has 0 spiro atoms. The molecule has 0 aromatic heterocycles. The minimum absolute atomic E-state index is 0.0102. The van der Waals surface area contributed by atoms with Gasteiger partial charge in [0.15, 0.2) is 6.04 Å². The number of aliphatic carboxylic acids is 1. The van der Waals surface area contributed by atoms with E-state index in [1.54, 1.807) is 0 Å². The lowest BCUT2D eigenvalue weighted by Gasteiger charge is -2.05. The van der Waals surface area contributed by atoms with E-state index in [1.807, 2.05) is 5.43 Å². The van der Waals surface area contributed by atoms with Gasteiger partial charge < -0.3 is 10.8 Å². The molecule has 13 heavy (non-hydrogen) atoms. The van der Waals surface area contributed by atoms with E-state index < -0.39 is 17.9 Å². The zero-order chi connectivity index (χ0) is 10.3. The van der Waals surface area contributed by atoms with Crippen LogP contribution in [0.3, 0.4) is 0 Å². The van der Waals surface area contributed by atoms with Gasteiger partial charge in [0.2, 0.25) is 5.91 Å². The van der Waals surface area contributed by atoms with E-state index >= 15 is 0 Å². The molecule has 0 fully saturated rings. The molecule has 72 valence electrons. The molecule has 0 rings (SSSR count). The molecular weight excluding hydrogens is 178 g/mol. The molecule has 0 saturated carbocycles. The predicted molar refractivity (Wildman–Crippen MR) is 42.1 cm³/mol. The molecule has 0 bridgehead atoms. The predicted octanol–water partition coefficient (Wildman–Crippen LogP) is -0.480. The maximum atomic E-state index is 10.4. The minimum atomic E-state index is -1.20. The molecule has 0 unspecified atom stereocenters. The molecule has 1 amide bonds. The average molecular weight is 187 g/mol. The molecule has 0 radical (unpaired) electrons. The maximum absolute atomic E-state index is 10.4. The number of hydrogen-bond donors (Lipinski definition) is 3. The summed E-state index contributed by atoms with van der Waals surface area (Å²) in [6, 6.07) is -1.08. The van der Waals surface area contributed by atoms with E-state index in [-0.39, 0.29) is 12.8 Å². The first-order chi connectivity index (χ1) is 6.07. The SMILES string of the molecule is [N-]=[N+]=NN[C@@H](CCC(N)=O)C(=O)O. The van der Waals surface area contributed by atoms with Crippen LogP contribution in [0.5, 0.6) is 0 Å². The summed E-state index contributed by atoms with van der Waals surface area (Å²) in [5.74, 6) is -1.80. The van der Waals surface area contributed by atoms with Crippen molar-refractivity contribution < 1.29 is 14.7 Å². The van der Waals surface area contributed by atoms with Crippen LogP contribution in [0.2, 0.25) is 0 Å². The van der Waals surface area contributed by atoms with Crippen LogP contribution in [0.25, 0.3) is 10.4 Å². The van der Waals surface area contributed by atoms with Crippen LogP contribution in [0.4, 0.5) is 0 Å². The highest BCUT2D eigenvalue weighted by atomic mass is 16.4. The first-order valence-electron chi connectivity index (χ1n) is 3.38. The van der Waals surface area contributed by atoms with Gasteiger partial charge in [-0.15, -0.1) is 5.53 Å². The van der Waals surface area contributed by atoms with E-state index in [9.17, 15) is 9.59 Å². The molecule has 0 aromatic carbocycles. The lowest BCUT2D eigenvalue weighted by Crippen LogP contribution is -2.33. The highest BCUT2D eigenvalue weighted by molar-refractivity contribution is 5.77. The van der Waals surface area contributed by atoms with E-state index in [2.05, 4.69) is 10.1 Å². The van der Waals surface area contributed by atoms with Crippen molar-refractivity contribution >= 4 is 11.9 Å². The lowest BCUT2D eigenvalue weighted by molar-refractivity contribution is -0.139. The van der Waals surface area contributed by atoms with Crippen molar-refractivity contribution in [2.75, 3.05) is 0 Å². The summed E-state index contributed by atoms with van der Waals surface area (Å²) in [7, 11) is 0. The Hall–Kier alpha value is -1.95. The number of rotatable bonds is 6. The molecule has 0 saturated heterocycles. The highest BCUT2D eigenvalue weighted by Gasteiger charge is 2.19. The second-order valence-corrected chi connectivity index (χ2v) is 2.21. The van der Waals surface area contributed by atoms with Crippen LogP contribution in [0.15, 0.2) is 5.22 Å². The number of nitrogens with one attached hydrogen (secondary N) is 1. The van der Waals surface area contributed by atoms with Gasteiger partial charge in [0.05, 0.1) is 0 Å². The van der Waals surface area contributed by atoms with Gasteiger partial charge >= 0.3 is 5.97 Å². The molecule has 0 aliphatic carbocycles. The van der Waals surface area contributed by atoms with Crippen molar-refractivity contribution in [1.82, 2.24) is 5.43 Å². The van der Waals surface area contributed by atoms with Crippen molar-refractivity contribution in [1.29, 1.82) is 0 Å². The van der Waals surface area contributed by atoms with Crippen molar-refractivity contribution in [2.24, 2.45) is 11.0 Å². The second-order valence-electron chi connectivity index (χ2n) is 2.21. The lowest BCUT2D eigenvalue weighted by atomic mass is 10.1. The van der Waals surface area contributed by atoms with Gasteiger partial charge in [0.1, 0.15) is 0 Å². The number of primary amides is 1. The Balaban J connectivity index is 4.01. The van der Waals surface area contributed by atoms with E-state index in [1.165, 1.54) is 0 Å². The van der Waals surface area contributed by atoms with E-state index in [0.717, 1.165) is 0 Å². The third-order valence-corrected chi connectivity index (χ3v) is 1.24. The number of carbonyl (C=O) groups excluding carboxylic acids is 1. The molecule has 4 N–H and O–H groups in total. The molecule has 0 heterocycles. The summed E-state index contributed by atoms with van der Waals surface area (Å²) in [6.07, 6.45) is -0.0887. The fourth-order valence-corrected chi connectivity index (χ4v) is 0.625. The fourth-order valence-electron chi connectivity index (χ4n) is 0.625. The summed E-state index contributed by atoms with van der Waals surface area (Å²) < 4.78 is 0. The van der Waals surface area contributed by atoms with Gasteiger partial charge in [-0.25, -0.2) is 10.2 Å². The van der Waals surface area contributed by atoms with Crippen LogP contribution in [0, 0.1) is 0 Å². The Labute approximate surface area is 73.3 Å². The van der Waals surface area contributed by atoms with Gasteiger partial charge in [-0.2, -0.15) is 4.91 Å². The van der Waals surface area contributed by atoms with Crippen molar-refractivity contribution in [3.8, 4) is 0 Å². The Morgan fingerprint density at radius 1 is 1.69 bits per heavy atom. The van der Waals surface area contributed by atoms with Crippen LogP contribution < -0.4 is 11.2 Å². The standard InChI is InChI=1S/C5H9N5O3/c6-4(11)2-1-3(5(12)13)8-10-9-7/h3,8H,1-2H2,(H2,6,11)(H,12,13)/t3-/m0/s1. The number of amides is 1. The summed E-state index contributed by atoms with van der Waals surface area (Å²) in [5.41, 5.74) is 14.7. The summed E-state index contributed by atoms with van der Waals surface area (Å²) >= 11 is 0. The van der Waals surface area contributed by atoms with Crippen LogP contribution >= 0.6 is 0 Å². The van der Waals surface area contributed by atoms with Crippen molar-refractivity contribution in [3.05, 3.63) is 10.4 Å². The van der Waals surface area contributed by atoms with Gasteiger partial charge in [-0.1, -0.05) is 0 Å². The summed E-state index contributed by atoms with van der Waals surface area (Å²) in [4.78, 5) is 23.0. The second kappa shape index (κ2) is 5.67. The first-order valence-corrected chi connectivity index (χ1v) is 3.38. The van der Waals surface area contributed by atoms with E-state index in [0.29, 0.717) is 0 Å². The van der Waals surface area contributed by atoms with Crippen molar-refractivity contribution in [3.63, 3.8) is 0 Å². The molecule has 1 atom stereocenters.